The number of hydrogen-bond acceptors (Lipinski definition) is 4. The molecule has 31 heavy (non-hydrogen) atoms. The number of anilines is 1. The van der Waals surface area contributed by atoms with Crippen LogP contribution in [0.25, 0.3) is 0 Å². The van der Waals surface area contributed by atoms with Crippen molar-refractivity contribution in [3.63, 3.8) is 0 Å². The first kappa shape index (κ1) is 21.3. The summed E-state index contributed by atoms with van der Waals surface area (Å²) in [4.78, 5) is 49.5. The van der Waals surface area contributed by atoms with Crippen LogP contribution in [0.4, 0.5) is 5.69 Å². The van der Waals surface area contributed by atoms with Crippen LogP contribution in [0.2, 0.25) is 5.02 Å². The summed E-state index contributed by atoms with van der Waals surface area (Å²) in [6.07, 6.45) is 1.89. The number of rotatable bonds is 4. The maximum absolute atomic E-state index is 13.8. The number of aryl methyl sites for hydroxylation is 1. The first-order chi connectivity index (χ1) is 14.7. The van der Waals surface area contributed by atoms with Crippen molar-refractivity contribution in [2.24, 2.45) is 0 Å². The Labute approximate surface area is 186 Å². The number of carbonyl (C=O) groups excluding carboxylic acids is 3. The molecule has 1 atom stereocenters. The zero-order chi connectivity index (χ0) is 22.3. The maximum Gasteiger partial charge on any atom is 0.262 e. The van der Waals surface area contributed by atoms with Crippen LogP contribution in [0.5, 0.6) is 0 Å². The van der Waals surface area contributed by atoms with Gasteiger partial charge in [0.25, 0.3) is 11.8 Å². The monoisotopic (exact) mass is 440 g/mol. The molecule has 3 amide bonds. The van der Waals surface area contributed by atoms with E-state index in [-0.39, 0.29) is 43.3 Å². The molecule has 1 unspecified atom stereocenters. The van der Waals surface area contributed by atoms with Crippen molar-refractivity contribution in [2.75, 3.05) is 18.0 Å². The van der Waals surface area contributed by atoms with E-state index < -0.39 is 5.54 Å². The summed E-state index contributed by atoms with van der Waals surface area (Å²) < 4.78 is 0. The number of hydrogen-bond donors (Lipinski definition) is 0. The quantitative estimate of drug-likeness (QED) is 0.685. The third-order valence-corrected chi connectivity index (χ3v) is 6.30. The fourth-order valence-electron chi connectivity index (χ4n) is 4.38. The normalized spacial score (nSPS) is 21.7. The van der Waals surface area contributed by atoms with Crippen LogP contribution in [0.3, 0.4) is 0 Å². The summed E-state index contributed by atoms with van der Waals surface area (Å²) in [5, 5.41) is 0.585. The van der Waals surface area contributed by atoms with Gasteiger partial charge in [0.05, 0.1) is 0 Å². The summed E-state index contributed by atoms with van der Waals surface area (Å²) in [5.41, 5.74) is 0.729. The summed E-state index contributed by atoms with van der Waals surface area (Å²) in [7, 11) is 0. The van der Waals surface area contributed by atoms with Gasteiger partial charge in [-0.05, 0) is 50.6 Å². The zero-order valence-corrected chi connectivity index (χ0v) is 18.6. The second-order valence-corrected chi connectivity index (χ2v) is 8.79. The van der Waals surface area contributed by atoms with Crippen molar-refractivity contribution < 1.29 is 14.4 Å². The molecule has 2 aliphatic heterocycles. The molecule has 1 spiro atoms. The third kappa shape index (κ3) is 3.57. The minimum Gasteiger partial charge on any atom is -0.328 e. The van der Waals surface area contributed by atoms with Crippen molar-refractivity contribution in [3.8, 4) is 0 Å². The van der Waals surface area contributed by atoms with Crippen molar-refractivity contribution in [2.45, 2.75) is 45.3 Å². The number of piperazine rings is 1. The second-order valence-electron chi connectivity index (χ2n) is 8.36. The number of benzene rings is 1. The molecule has 2 aromatic rings. The summed E-state index contributed by atoms with van der Waals surface area (Å²) in [6, 6.07) is 10.5. The molecule has 2 fully saturated rings. The van der Waals surface area contributed by atoms with Crippen LogP contribution in [-0.4, -0.2) is 57.2 Å². The molecule has 0 aliphatic carbocycles. The Morgan fingerprint density at radius 1 is 1.10 bits per heavy atom. The largest absolute Gasteiger partial charge is 0.328 e. The Morgan fingerprint density at radius 3 is 2.45 bits per heavy atom. The van der Waals surface area contributed by atoms with Gasteiger partial charge in [-0.2, -0.15) is 0 Å². The van der Waals surface area contributed by atoms with E-state index in [1.165, 1.54) is 9.80 Å². The van der Waals surface area contributed by atoms with Crippen LogP contribution in [0.1, 0.15) is 31.5 Å². The molecular weight excluding hydrogens is 416 g/mol. The maximum atomic E-state index is 13.8. The van der Waals surface area contributed by atoms with Gasteiger partial charge in [0.15, 0.2) is 0 Å². The van der Waals surface area contributed by atoms with Crippen molar-refractivity contribution in [1.82, 2.24) is 14.8 Å². The Kier molecular flexibility index (Phi) is 5.47. The fourth-order valence-corrected chi connectivity index (χ4v) is 4.51. The topological polar surface area (TPSA) is 73.8 Å². The molecule has 1 aromatic heterocycles. The van der Waals surface area contributed by atoms with Gasteiger partial charge in [0, 0.05) is 48.2 Å². The minimum atomic E-state index is -1.55. The molecule has 2 aliphatic rings. The summed E-state index contributed by atoms with van der Waals surface area (Å²) in [6.45, 7) is 6.05. The molecule has 3 heterocycles. The molecule has 0 radical (unpaired) electrons. The number of halogens is 1. The molecule has 162 valence electrons. The first-order valence-corrected chi connectivity index (χ1v) is 10.7. The molecule has 0 bridgehead atoms. The molecule has 7 nitrogen and oxygen atoms in total. The zero-order valence-electron chi connectivity index (χ0n) is 17.8. The molecule has 4 rings (SSSR count). The number of carbonyl (C=O) groups is 3. The molecule has 0 saturated carbocycles. The Hall–Kier alpha value is -2.93. The number of pyridine rings is 1. The highest BCUT2D eigenvalue weighted by molar-refractivity contribution is 6.30. The molecule has 8 heteroatoms. The third-order valence-electron chi connectivity index (χ3n) is 6.05. The van der Waals surface area contributed by atoms with E-state index in [0.717, 1.165) is 11.3 Å². The fraction of sp³-hybridized carbons (Fsp3) is 0.391. The van der Waals surface area contributed by atoms with Gasteiger partial charge in [-0.15, -0.1) is 0 Å². The van der Waals surface area contributed by atoms with E-state index in [1.807, 2.05) is 39.0 Å². The van der Waals surface area contributed by atoms with Gasteiger partial charge in [-0.1, -0.05) is 23.7 Å². The van der Waals surface area contributed by atoms with Gasteiger partial charge < -0.3 is 14.7 Å². The van der Waals surface area contributed by atoms with Crippen LogP contribution in [-0.2, 0) is 20.9 Å². The van der Waals surface area contributed by atoms with Crippen LogP contribution in [0.15, 0.2) is 42.6 Å². The minimum absolute atomic E-state index is 0.0342. The number of amides is 3. The van der Waals surface area contributed by atoms with E-state index in [1.54, 1.807) is 29.3 Å². The highest BCUT2D eigenvalue weighted by atomic mass is 35.5. The highest BCUT2D eigenvalue weighted by Crippen LogP contribution is 2.38. The summed E-state index contributed by atoms with van der Waals surface area (Å²) in [5.74, 6) is -0.908. The van der Waals surface area contributed by atoms with Gasteiger partial charge in [-0.25, -0.2) is 0 Å². The SMILES string of the molecule is Cc1cc(N2CCC3(C2=O)C(=O)N(C(C)C)CC(=O)N3Cc2ccc(Cl)cc2)ccn1. The average Bonchev–Trinajstić information content (AvgIpc) is 3.07. The van der Waals surface area contributed by atoms with E-state index in [0.29, 0.717) is 17.3 Å². The van der Waals surface area contributed by atoms with E-state index in [4.69, 9.17) is 11.6 Å². The number of aromatic nitrogens is 1. The summed E-state index contributed by atoms with van der Waals surface area (Å²) >= 11 is 6.00. The molecular formula is C23H25ClN4O3. The standard InChI is InChI=1S/C23H25ClN4O3/c1-15(2)27-14-20(29)28(13-17-4-6-18(24)7-5-17)23(22(27)31)9-11-26(21(23)30)19-8-10-25-16(3)12-19/h4-8,10,12,15H,9,11,13-14H2,1-3H3. The van der Waals surface area contributed by atoms with E-state index in [9.17, 15) is 14.4 Å². The second kappa shape index (κ2) is 7.96. The predicted octanol–water partition coefficient (Wildman–Crippen LogP) is 2.80. The van der Waals surface area contributed by atoms with E-state index >= 15 is 0 Å². The van der Waals surface area contributed by atoms with Crippen LogP contribution < -0.4 is 4.90 Å². The lowest BCUT2D eigenvalue weighted by molar-refractivity contribution is -0.170. The lowest BCUT2D eigenvalue weighted by Crippen LogP contribution is -2.71. The Morgan fingerprint density at radius 2 is 1.81 bits per heavy atom. The highest BCUT2D eigenvalue weighted by Gasteiger charge is 2.62. The van der Waals surface area contributed by atoms with Crippen molar-refractivity contribution in [3.05, 3.63) is 58.9 Å². The van der Waals surface area contributed by atoms with Crippen molar-refractivity contribution in [1.29, 1.82) is 0 Å². The molecule has 0 N–H and O–H groups in total. The van der Waals surface area contributed by atoms with Gasteiger partial charge in [-0.3, -0.25) is 19.4 Å². The predicted molar refractivity (Wildman–Crippen MR) is 118 cm³/mol. The van der Waals surface area contributed by atoms with Gasteiger partial charge in [0.1, 0.15) is 6.54 Å². The first-order valence-electron chi connectivity index (χ1n) is 10.3. The Balaban J connectivity index is 1.76. The molecule has 2 saturated heterocycles. The Bertz CT molecular complexity index is 1040. The van der Waals surface area contributed by atoms with Gasteiger partial charge in [0.2, 0.25) is 11.4 Å². The van der Waals surface area contributed by atoms with E-state index in [2.05, 4.69) is 4.98 Å². The van der Waals surface area contributed by atoms with Crippen molar-refractivity contribution >= 4 is 35.0 Å². The average molecular weight is 441 g/mol. The smallest absolute Gasteiger partial charge is 0.262 e. The van der Waals surface area contributed by atoms with Crippen LogP contribution >= 0.6 is 11.6 Å². The number of nitrogens with zero attached hydrogens (tertiary/aromatic N) is 4. The lowest BCUT2D eigenvalue weighted by Gasteiger charge is -2.47. The molecule has 1 aromatic carbocycles. The lowest BCUT2D eigenvalue weighted by atomic mass is 9.89. The van der Waals surface area contributed by atoms with Crippen LogP contribution in [0, 0.1) is 6.92 Å². The van der Waals surface area contributed by atoms with Gasteiger partial charge >= 0.3 is 0 Å².